The Morgan fingerprint density at radius 3 is 2.50 bits per heavy atom. The van der Waals surface area contributed by atoms with Crippen molar-refractivity contribution in [2.45, 2.75) is 44.4 Å². The van der Waals surface area contributed by atoms with Gasteiger partial charge in [-0.2, -0.15) is 8.42 Å². The molecule has 5 heteroatoms. The number of rotatable bonds is 4. The number of nitrogens with two attached hydrogens (primary N) is 1. The first-order valence-corrected chi connectivity index (χ1v) is 7.60. The molecule has 0 aromatic carbocycles. The Labute approximate surface area is 97.3 Å². The maximum absolute atomic E-state index is 10.9. The molecule has 2 rings (SSSR count). The predicted molar refractivity (Wildman–Crippen MR) is 62.2 cm³/mol. The Morgan fingerprint density at radius 2 is 2.06 bits per heavy atom. The molecule has 2 fully saturated rings. The number of hydrogen-bond acceptors (Lipinski definition) is 3. The van der Waals surface area contributed by atoms with E-state index in [0.717, 1.165) is 18.3 Å². The quantitative estimate of drug-likeness (QED) is 0.740. The van der Waals surface area contributed by atoms with Crippen LogP contribution in [0.2, 0.25) is 0 Å². The van der Waals surface area contributed by atoms with Crippen LogP contribution in [-0.2, 0) is 10.1 Å². The summed E-state index contributed by atoms with van der Waals surface area (Å²) in [6.45, 7) is 1.82. The molecule has 2 aliphatic rings. The maximum Gasteiger partial charge on any atom is 0.281 e. The van der Waals surface area contributed by atoms with Crippen LogP contribution in [0.1, 0.15) is 39.0 Å². The summed E-state index contributed by atoms with van der Waals surface area (Å²) in [6.07, 6.45) is 6.02. The van der Waals surface area contributed by atoms with E-state index in [1.807, 2.05) is 6.92 Å². The third-order valence-corrected chi connectivity index (χ3v) is 5.62. The van der Waals surface area contributed by atoms with Crippen molar-refractivity contribution in [2.24, 2.45) is 29.4 Å². The van der Waals surface area contributed by atoms with Crippen LogP contribution >= 0.6 is 0 Å². The van der Waals surface area contributed by atoms with Crippen molar-refractivity contribution in [3.8, 4) is 0 Å². The lowest BCUT2D eigenvalue weighted by atomic mass is 9.82. The minimum Gasteiger partial charge on any atom is -0.313 e. The average molecular weight is 247 g/mol. The summed E-state index contributed by atoms with van der Waals surface area (Å²) in [7, 11) is -4.08. The van der Waals surface area contributed by atoms with Gasteiger partial charge in [-0.25, -0.2) is 0 Å². The Hall–Kier alpha value is -0.130. The molecule has 0 radical (unpaired) electrons. The molecular formula is C11H21NO3S. The van der Waals surface area contributed by atoms with E-state index in [1.54, 1.807) is 0 Å². The Morgan fingerprint density at radius 1 is 1.38 bits per heavy atom. The first kappa shape index (κ1) is 12.3. The molecule has 2 saturated carbocycles. The fourth-order valence-corrected chi connectivity index (χ4v) is 4.27. The van der Waals surface area contributed by atoms with E-state index in [1.165, 1.54) is 25.7 Å². The molecule has 0 amide bonds. The monoisotopic (exact) mass is 247 g/mol. The van der Waals surface area contributed by atoms with Gasteiger partial charge in [-0.15, -0.1) is 0 Å². The molecule has 5 atom stereocenters. The van der Waals surface area contributed by atoms with Gasteiger partial charge in [0.2, 0.25) is 0 Å². The zero-order chi connectivity index (χ0) is 11.9. The van der Waals surface area contributed by atoms with Gasteiger partial charge in [0.05, 0.1) is 0 Å². The SMILES string of the molecule is CC(CC1CC2CCC1C2)C(N)S(=O)(=O)O. The van der Waals surface area contributed by atoms with Gasteiger partial charge in [-0.1, -0.05) is 13.3 Å². The van der Waals surface area contributed by atoms with E-state index < -0.39 is 15.5 Å². The highest BCUT2D eigenvalue weighted by atomic mass is 32.2. The highest BCUT2D eigenvalue weighted by Crippen LogP contribution is 2.50. The van der Waals surface area contributed by atoms with Gasteiger partial charge >= 0.3 is 0 Å². The highest BCUT2D eigenvalue weighted by molar-refractivity contribution is 7.86. The van der Waals surface area contributed by atoms with E-state index in [0.29, 0.717) is 5.92 Å². The topological polar surface area (TPSA) is 80.4 Å². The van der Waals surface area contributed by atoms with E-state index in [-0.39, 0.29) is 5.92 Å². The van der Waals surface area contributed by atoms with Crippen LogP contribution in [0.3, 0.4) is 0 Å². The van der Waals surface area contributed by atoms with Gasteiger partial charge < -0.3 is 5.73 Å². The molecule has 16 heavy (non-hydrogen) atoms. The highest BCUT2D eigenvalue weighted by Gasteiger charge is 2.41. The van der Waals surface area contributed by atoms with Crippen molar-refractivity contribution in [3.63, 3.8) is 0 Å². The molecule has 2 bridgehead atoms. The molecule has 4 nitrogen and oxygen atoms in total. The summed E-state index contributed by atoms with van der Waals surface area (Å²) in [5, 5.41) is -1.12. The molecule has 0 aromatic rings. The second-order valence-electron chi connectivity index (χ2n) is 5.63. The van der Waals surface area contributed by atoms with Gasteiger partial charge in [0.1, 0.15) is 5.37 Å². The molecule has 0 saturated heterocycles. The van der Waals surface area contributed by atoms with Gasteiger partial charge in [0, 0.05) is 0 Å². The Kier molecular flexibility index (Phi) is 3.29. The molecule has 0 aromatic heterocycles. The molecule has 2 aliphatic carbocycles. The maximum atomic E-state index is 10.9. The first-order valence-electron chi connectivity index (χ1n) is 6.09. The van der Waals surface area contributed by atoms with Crippen LogP contribution in [0.25, 0.3) is 0 Å². The van der Waals surface area contributed by atoms with E-state index >= 15 is 0 Å². The number of fused-ring (bicyclic) bond motifs is 2. The van der Waals surface area contributed by atoms with Crippen molar-refractivity contribution < 1.29 is 13.0 Å². The summed E-state index contributed by atoms with van der Waals surface area (Å²) in [4.78, 5) is 0. The van der Waals surface area contributed by atoms with Crippen molar-refractivity contribution in [3.05, 3.63) is 0 Å². The molecule has 94 valence electrons. The van der Waals surface area contributed by atoms with Crippen LogP contribution in [-0.4, -0.2) is 18.3 Å². The summed E-state index contributed by atoms with van der Waals surface area (Å²) >= 11 is 0. The molecular weight excluding hydrogens is 226 g/mol. The normalized spacial score (nSPS) is 37.6. The summed E-state index contributed by atoms with van der Waals surface area (Å²) in [5.41, 5.74) is 5.53. The third kappa shape index (κ3) is 2.41. The summed E-state index contributed by atoms with van der Waals surface area (Å²) in [6, 6.07) is 0. The van der Waals surface area contributed by atoms with Crippen molar-refractivity contribution >= 4 is 10.1 Å². The van der Waals surface area contributed by atoms with Crippen LogP contribution < -0.4 is 5.73 Å². The third-order valence-electron chi connectivity index (χ3n) is 4.46. The molecule has 0 heterocycles. The van der Waals surface area contributed by atoms with Gasteiger partial charge in [0.25, 0.3) is 10.1 Å². The fraction of sp³-hybridized carbons (Fsp3) is 1.00. The largest absolute Gasteiger partial charge is 0.313 e. The lowest BCUT2D eigenvalue weighted by Gasteiger charge is -2.26. The summed E-state index contributed by atoms with van der Waals surface area (Å²) in [5.74, 6) is 2.12. The van der Waals surface area contributed by atoms with Gasteiger partial charge in [-0.05, 0) is 49.4 Å². The van der Waals surface area contributed by atoms with E-state index in [2.05, 4.69) is 0 Å². The van der Waals surface area contributed by atoms with Crippen molar-refractivity contribution in [2.75, 3.05) is 0 Å². The number of hydrogen-bond donors (Lipinski definition) is 2. The first-order chi connectivity index (χ1) is 7.38. The van der Waals surface area contributed by atoms with E-state index in [9.17, 15) is 8.42 Å². The van der Waals surface area contributed by atoms with Gasteiger partial charge in [-0.3, -0.25) is 4.55 Å². The van der Waals surface area contributed by atoms with Crippen LogP contribution in [0.4, 0.5) is 0 Å². The molecule has 3 N–H and O–H groups in total. The second-order valence-corrected chi connectivity index (χ2v) is 7.20. The zero-order valence-electron chi connectivity index (χ0n) is 9.67. The lowest BCUT2D eigenvalue weighted by molar-refractivity contribution is 0.268. The minimum atomic E-state index is -4.08. The van der Waals surface area contributed by atoms with E-state index in [4.69, 9.17) is 10.3 Å². The molecule has 0 aliphatic heterocycles. The van der Waals surface area contributed by atoms with Crippen molar-refractivity contribution in [1.82, 2.24) is 0 Å². The Balaban J connectivity index is 1.90. The Bertz CT molecular complexity index is 354. The lowest BCUT2D eigenvalue weighted by Crippen LogP contribution is -2.37. The van der Waals surface area contributed by atoms with Crippen molar-refractivity contribution in [1.29, 1.82) is 0 Å². The zero-order valence-corrected chi connectivity index (χ0v) is 10.5. The van der Waals surface area contributed by atoms with Crippen LogP contribution in [0.15, 0.2) is 0 Å². The van der Waals surface area contributed by atoms with Crippen LogP contribution in [0, 0.1) is 23.7 Å². The van der Waals surface area contributed by atoms with Crippen LogP contribution in [0.5, 0.6) is 0 Å². The standard InChI is InChI=1S/C11H21NO3S/c1-7(11(12)16(13,14)15)4-10-6-8-2-3-9(10)5-8/h7-11H,2-6,12H2,1H3,(H,13,14,15). The fourth-order valence-electron chi connectivity index (χ4n) is 3.57. The molecule has 0 spiro atoms. The second kappa shape index (κ2) is 4.27. The minimum absolute atomic E-state index is 0.153. The predicted octanol–water partition coefficient (Wildman–Crippen LogP) is 1.62. The van der Waals surface area contributed by atoms with Gasteiger partial charge in [0.15, 0.2) is 0 Å². The smallest absolute Gasteiger partial charge is 0.281 e. The molecule has 5 unspecified atom stereocenters. The summed E-state index contributed by atoms with van der Waals surface area (Å²) < 4.78 is 30.8. The average Bonchev–Trinajstić information content (AvgIpc) is 2.76.